The van der Waals surface area contributed by atoms with Gasteiger partial charge in [-0.2, -0.15) is 5.26 Å². The molecular weight excluding hydrogens is 322 g/mol. The number of hydrogen-bond acceptors (Lipinski definition) is 4. The second-order valence-corrected chi connectivity index (χ2v) is 4.73. The average Bonchev–Trinajstić information content (AvgIpc) is 2.48. The van der Waals surface area contributed by atoms with Crippen molar-refractivity contribution < 1.29 is 9.53 Å². The molecule has 0 aliphatic carbocycles. The standard InChI is InChI=1S/C14H10BrN3O2/c1-20-14-11(3-2-6-17-14)13(19)18-12-5-4-10(15)7-9(12)8-16/h2-7H,1H3,(H,18,19). The number of nitrogens with one attached hydrogen (secondary N) is 1. The van der Waals surface area contributed by atoms with Crippen LogP contribution in [-0.4, -0.2) is 18.0 Å². The third-order valence-electron chi connectivity index (χ3n) is 2.56. The van der Waals surface area contributed by atoms with Gasteiger partial charge in [-0.05, 0) is 30.3 Å². The molecule has 1 aromatic heterocycles. The maximum absolute atomic E-state index is 12.2. The zero-order valence-corrected chi connectivity index (χ0v) is 12.1. The van der Waals surface area contributed by atoms with Gasteiger partial charge in [0.15, 0.2) is 0 Å². The Morgan fingerprint density at radius 2 is 2.25 bits per heavy atom. The molecule has 0 fully saturated rings. The molecule has 20 heavy (non-hydrogen) atoms. The molecule has 6 heteroatoms. The van der Waals surface area contributed by atoms with Crippen molar-refractivity contribution in [3.8, 4) is 11.9 Å². The number of halogens is 1. The lowest BCUT2D eigenvalue weighted by Gasteiger charge is -2.09. The third kappa shape index (κ3) is 2.95. The molecule has 0 radical (unpaired) electrons. The van der Waals surface area contributed by atoms with Gasteiger partial charge in [-0.25, -0.2) is 4.98 Å². The maximum atomic E-state index is 12.2. The lowest BCUT2D eigenvalue weighted by molar-refractivity contribution is 0.102. The number of aromatic nitrogens is 1. The highest BCUT2D eigenvalue weighted by molar-refractivity contribution is 9.10. The van der Waals surface area contributed by atoms with E-state index < -0.39 is 0 Å². The summed E-state index contributed by atoms with van der Waals surface area (Å²) < 4.78 is 5.80. The van der Waals surface area contributed by atoms with Crippen molar-refractivity contribution in [3.63, 3.8) is 0 Å². The minimum Gasteiger partial charge on any atom is -0.480 e. The molecule has 0 atom stereocenters. The zero-order chi connectivity index (χ0) is 14.5. The van der Waals surface area contributed by atoms with Gasteiger partial charge in [0.1, 0.15) is 11.6 Å². The van der Waals surface area contributed by atoms with E-state index in [1.807, 2.05) is 6.07 Å². The molecule has 1 N–H and O–H groups in total. The minimum absolute atomic E-state index is 0.237. The van der Waals surface area contributed by atoms with Crippen molar-refractivity contribution in [3.05, 3.63) is 52.1 Å². The van der Waals surface area contributed by atoms with Crippen LogP contribution in [0.15, 0.2) is 41.0 Å². The highest BCUT2D eigenvalue weighted by Crippen LogP contribution is 2.22. The van der Waals surface area contributed by atoms with Crippen LogP contribution in [0.25, 0.3) is 0 Å². The fourth-order valence-electron chi connectivity index (χ4n) is 1.63. The topological polar surface area (TPSA) is 75.0 Å². The minimum atomic E-state index is -0.381. The Balaban J connectivity index is 2.31. The van der Waals surface area contributed by atoms with Gasteiger partial charge in [0.05, 0.1) is 18.4 Å². The molecule has 2 aromatic rings. The van der Waals surface area contributed by atoms with Crippen molar-refractivity contribution in [1.82, 2.24) is 4.98 Å². The van der Waals surface area contributed by atoms with Gasteiger partial charge >= 0.3 is 0 Å². The van der Waals surface area contributed by atoms with Gasteiger partial charge < -0.3 is 10.1 Å². The van der Waals surface area contributed by atoms with E-state index in [-0.39, 0.29) is 11.8 Å². The summed E-state index contributed by atoms with van der Waals surface area (Å²) in [6.45, 7) is 0. The quantitative estimate of drug-likeness (QED) is 0.938. The molecule has 0 saturated carbocycles. The summed E-state index contributed by atoms with van der Waals surface area (Å²) in [5, 5.41) is 11.7. The number of benzene rings is 1. The number of ether oxygens (including phenoxy) is 1. The van der Waals surface area contributed by atoms with E-state index in [4.69, 9.17) is 10.00 Å². The fourth-order valence-corrected chi connectivity index (χ4v) is 1.99. The van der Waals surface area contributed by atoms with Gasteiger partial charge in [-0.15, -0.1) is 0 Å². The number of rotatable bonds is 3. The van der Waals surface area contributed by atoms with E-state index in [9.17, 15) is 4.79 Å². The summed E-state index contributed by atoms with van der Waals surface area (Å²) in [7, 11) is 1.44. The summed E-state index contributed by atoms with van der Waals surface area (Å²) in [6, 6.07) is 10.3. The van der Waals surface area contributed by atoms with Crippen LogP contribution in [0.1, 0.15) is 15.9 Å². The maximum Gasteiger partial charge on any atom is 0.261 e. The predicted molar refractivity (Wildman–Crippen MR) is 77.6 cm³/mol. The summed E-state index contributed by atoms with van der Waals surface area (Å²) in [4.78, 5) is 16.2. The second-order valence-electron chi connectivity index (χ2n) is 3.82. The molecule has 0 unspecified atom stereocenters. The van der Waals surface area contributed by atoms with Crippen LogP contribution in [-0.2, 0) is 0 Å². The molecule has 100 valence electrons. The summed E-state index contributed by atoms with van der Waals surface area (Å²) >= 11 is 3.28. The monoisotopic (exact) mass is 331 g/mol. The number of hydrogen-bond donors (Lipinski definition) is 1. The van der Waals surface area contributed by atoms with Crippen LogP contribution < -0.4 is 10.1 Å². The van der Waals surface area contributed by atoms with Crippen molar-refractivity contribution >= 4 is 27.5 Å². The van der Waals surface area contributed by atoms with Crippen molar-refractivity contribution in [1.29, 1.82) is 5.26 Å². The lowest BCUT2D eigenvalue weighted by Crippen LogP contribution is -2.14. The number of anilines is 1. The number of amides is 1. The average molecular weight is 332 g/mol. The highest BCUT2D eigenvalue weighted by Gasteiger charge is 2.14. The van der Waals surface area contributed by atoms with Crippen molar-refractivity contribution in [2.45, 2.75) is 0 Å². The van der Waals surface area contributed by atoms with Gasteiger partial charge in [0.2, 0.25) is 5.88 Å². The Kier molecular flexibility index (Phi) is 4.33. The Morgan fingerprint density at radius 3 is 2.95 bits per heavy atom. The second kappa shape index (κ2) is 6.17. The molecule has 2 rings (SSSR count). The number of pyridine rings is 1. The van der Waals surface area contributed by atoms with E-state index in [2.05, 4.69) is 26.2 Å². The van der Waals surface area contributed by atoms with Crippen LogP contribution >= 0.6 is 15.9 Å². The molecule has 1 aromatic carbocycles. The number of carbonyl (C=O) groups is 1. The first-order chi connectivity index (χ1) is 9.65. The predicted octanol–water partition coefficient (Wildman–Crippen LogP) is 2.98. The van der Waals surface area contributed by atoms with E-state index in [1.165, 1.54) is 13.3 Å². The van der Waals surface area contributed by atoms with Crippen LogP contribution in [0.5, 0.6) is 5.88 Å². The van der Waals surface area contributed by atoms with Gasteiger partial charge in [-0.1, -0.05) is 15.9 Å². The molecule has 0 spiro atoms. The molecule has 1 heterocycles. The van der Waals surface area contributed by atoms with Gasteiger partial charge in [0, 0.05) is 10.7 Å². The summed E-state index contributed by atoms with van der Waals surface area (Å²) in [5.74, 6) is -0.144. The first kappa shape index (κ1) is 14.0. The molecule has 5 nitrogen and oxygen atoms in total. The Morgan fingerprint density at radius 1 is 1.45 bits per heavy atom. The zero-order valence-electron chi connectivity index (χ0n) is 10.6. The number of methoxy groups -OCH3 is 1. The molecule has 0 bridgehead atoms. The Bertz CT molecular complexity index is 695. The molecule has 0 aliphatic heterocycles. The Labute approximate surface area is 124 Å². The van der Waals surface area contributed by atoms with Gasteiger partial charge in [0.25, 0.3) is 5.91 Å². The highest BCUT2D eigenvalue weighted by atomic mass is 79.9. The first-order valence-corrected chi connectivity index (χ1v) is 6.45. The smallest absolute Gasteiger partial charge is 0.261 e. The summed E-state index contributed by atoms with van der Waals surface area (Å²) in [6.07, 6.45) is 1.54. The van der Waals surface area contributed by atoms with Crippen LogP contribution in [0, 0.1) is 11.3 Å². The number of nitrogens with zero attached hydrogens (tertiary/aromatic N) is 2. The molecular formula is C14H10BrN3O2. The van der Waals surface area contributed by atoms with E-state index in [0.29, 0.717) is 16.8 Å². The SMILES string of the molecule is COc1ncccc1C(=O)Nc1ccc(Br)cc1C#N. The van der Waals surface area contributed by atoms with Crippen LogP contribution in [0.4, 0.5) is 5.69 Å². The van der Waals surface area contributed by atoms with E-state index in [0.717, 1.165) is 4.47 Å². The number of carbonyl (C=O) groups excluding carboxylic acids is 1. The third-order valence-corrected chi connectivity index (χ3v) is 3.05. The first-order valence-electron chi connectivity index (χ1n) is 5.65. The largest absolute Gasteiger partial charge is 0.480 e. The normalized spacial score (nSPS) is 9.65. The van der Waals surface area contributed by atoms with Crippen LogP contribution in [0.3, 0.4) is 0 Å². The van der Waals surface area contributed by atoms with Crippen molar-refractivity contribution in [2.24, 2.45) is 0 Å². The fraction of sp³-hybridized carbons (Fsp3) is 0.0714. The lowest BCUT2D eigenvalue weighted by atomic mass is 10.2. The molecule has 0 saturated heterocycles. The molecule has 1 amide bonds. The van der Waals surface area contributed by atoms with Crippen molar-refractivity contribution in [2.75, 3.05) is 12.4 Å². The molecule has 0 aliphatic rings. The number of nitriles is 1. The van der Waals surface area contributed by atoms with E-state index >= 15 is 0 Å². The Hall–Kier alpha value is -2.39. The van der Waals surface area contributed by atoms with Crippen LogP contribution in [0.2, 0.25) is 0 Å². The summed E-state index contributed by atoms with van der Waals surface area (Å²) in [5.41, 5.74) is 1.11. The van der Waals surface area contributed by atoms with E-state index in [1.54, 1.807) is 30.3 Å². The van der Waals surface area contributed by atoms with Gasteiger partial charge in [-0.3, -0.25) is 4.79 Å².